The van der Waals surface area contributed by atoms with Gasteiger partial charge in [0.05, 0.1) is 24.5 Å². The molecule has 27 heavy (non-hydrogen) atoms. The van der Waals surface area contributed by atoms with Gasteiger partial charge in [0.15, 0.2) is 11.5 Å². The van der Waals surface area contributed by atoms with E-state index in [0.717, 1.165) is 6.42 Å². The summed E-state index contributed by atoms with van der Waals surface area (Å²) in [6.45, 7) is 1.84. The number of rotatable bonds is 5. The molecule has 0 saturated heterocycles. The second kappa shape index (κ2) is 9.80. The van der Waals surface area contributed by atoms with Crippen molar-refractivity contribution in [1.29, 1.82) is 0 Å². The first-order chi connectivity index (χ1) is 12.7. The molecule has 2 aromatic carbocycles. The fraction of sp³-hybridized carbons (Fsp3) is 0.263. The lowest BCUT2D eigenvalue weighted by atomic mass is 10.1. The minimum Gasteiger partial charge on any atom is -0.490 e. The van der Waals surface area contributed by atoms with Gasteiger partial charge in [0.25, 0.3) is 11.8 Å². The number of benzene rings is 2. The Hall–Kier alpha value is -2.77. The maximum absolute atomic E-state index is 12.6. The molecule has 0 aliphatic carbocycles. The first-order valence-corrected chi connectivity index (χ1v) is 8.47. The molecule has 0 bridgehead atoms. The lowest BCUT2D eigenvalue weighted by Gasteiger charge is -2.12. The molecule has 0 saturated carbocycles. The molecule has 1 aliphatic heterocycles. The first-order valence-electron chi connectivity index (χ1n) is 8.47. The SMILES string of the molecule is Cl.NCCNC(=O)c1ccccc1NC(=O)c1ccc2c(c1)OCCCO2. The molecule has 144 valence electrons. The van der Waals surface area contributed by atoms with Crippen LogP contribution in [-0.2, 0) is 0 Å². The summed E-state index contributed by atoms with van der Waals surface area (Å²) in [5.41, 5.74) is 6.64. The number of para-hydroxylation sites is 1. The summed E-state index contributed by atoms with van der Waals surface area (Å²) < 4.78 is 11.2. The highest BCUT2D eigenvalue weighted by Crippen LogP contribution is 2.30. The van der Waals surface area contributed by atoms with Gasteiger partial charge in [-0.2, -0.15) is 0 Å². The molecule has 2 aromatic rings. The van der Waals surface area contributed by atoms with Crippen molar-refractivity contribution in [2.75, 3.05) is 31.6 Å². The Kier molecular flexibility index (Phi) is 7.45. The minimum absolute atomic E-state index is 0. The summed E-state index contributed by atoms with van der Waals surface area (Å²) in [6, 6.07) is 11.8. The fourth-order valence-corrected chi connectivity index (χ4v) is 2.57. The third-order valence-electron chi connectivity index (χ3n) is 3.86. The van der Waals surface area contributed by atoms with E-state index in [-0.39, 0.29) is 24.2 Å². The van der Waals surface area contributed by atoms with Gasteiger partial charge >= 0.3 is 0 Å². The van der Waals surface area contributed by atoms with E-state index in [1.54, 1.807) is 42.5 Å². The number of anilines is 1. The average Bonchev–Trinajstić information content (AvgIpc) is 2.91. The van der Waals surface area contributed by atoms with E-state index in [1.807, 2.05) is 0 Å². The van der Waals surface area contributed by atoms with Crippen LogP contribution in [0.2, 0.25) is 0 Å². The van der Waals surface area contributed by atoms with Gasteiger partial charge in [0.1, 0.15) is 0 Å². The van der Waals surface area contributed by atoms with Crippen LogP contribution in [0.5, 0.6) is 11.5 Å². The van der Waals surface area contributed by atoms with E-state index in [9.17, 15) is 9.59 Å². The van der Waals surface area contributed by atoms with Gasteiger partial charge in [-0.25, -0.2) is 0 Å². The van der Waals surface area contributed by atoms with Crippen molar-refractivity contribution < 1.29 is 19.1 Å². The Morgan fingerprint density at radius 1 is 1.00 bits per heavy atom. The molecule has 1 heterocycles. The van der Waals surface area contributed by atoms with Crippen molar-refractivity contribution in [3.63, 3.8) is 0 Å². The van der Waals surface area contributed by atoms with Crippen LogP contribution in [0.3, 0.4) is 0 Å². The van der Waals surface area contributed by atoms with Crippen molar-refractivity contribution in [2.24, 2.45) is 5.73 Å². The Morgan fingerprint density at radius 3 is 2.52 bits per heavy atom. The Bertz CT molecular complexity index is 813. The highest BCUT2D eigenvalue weighted by Gasteiger charge is 2.16. The van der Waals surface area contributed by atoms with E-state index >= 15 is 0 Å². The largest absolute Gasteiger partial charge is 0.490 e. The van der Waals surface area contributed by atoms with Crippen molar-refractivity contribution in [1.82, 2.24) is 5.32 Å². The third kappa shape index (κ3) is 5.12. The fourth-order valence-electron chi connectivity index (χ4n) is 2.57. The number of nitrogens with two attached hydrogens (primary N) is 1. The Morgan fingerprint density at radius 2 is 1.74 bits per heavy atom. The number of ether oxygens (including phenoxy) is 2. The van der Waals surface area contributed by atoms with Crippen LogP contribution < -0.4 is 25.8 Å². The number of hydrogen-bond donors (Lipinski definition) is 3. The second-order valence-corrected chi connectivity index (χ2v) is 5.76. The summed E-state index contributed by atoms with van der Waals surface area (Å²) >= 11 is 0. The van der Waals surface area contributed by atoms with E-state index in [2.05, 4.69) is 10.6 Å². The number of nitrogens with one attached hydrogen (secondary N) is 2. The van der Waals surface area contributed by atoms with Gasteiger partial charge < -0.3 is 25.8 Å². The maximum atomic E-state index is 12.6. The molecule has 3 rings (SSSR count). The zero-order valence-electron chi connectivity index (χ0n) is 14.7. The lowest BCUT2D eigenvalue weighted by molar-refractivity contribution is 0.0955. The number of carbonyl (C=O) groups excluding carboxylic acids is 2. The molecule has 7 nitrogen and oxygen atoms in total. The molecule has 0 aromatic heterocycles. The molecule has 0 atom stereocenters. The molecule has 0 spiro atoms. The van der Waals surface area contributed by atoms with Gasteiger partial charge in [-0.05, 0) is 30.3 Å². The zero-order valence-corrected chi connectivity index (χ0v) is 15.5. The minimum atomic E-state index is -0.334. The summed E-state index contributed by atoms with van der Waals surface area (Å²) in [7, 11) is 0. The van der Waals surface area contributed by atoms with Crippen LogP contribution in [0.4, 0.5) is 5.69 Å². The quantitative estimate of drug-likeness (QED) is 0.725. The predicted octanol–water partition coefficient (Wildman–Crippen LogP) is 2.21. The van der Waals surface area contributed by atoms with Gasteiger partial charge in [-0.3, -0.25) is 9.59 Å². The average molecular weight is 392 g/mol. The van der Waals surface area contributed by atoms with Crippen LogP contribution >= 0.6 is 12.4 Å². The van der Waals surface area contributed by atoms with Gasteiger partial charge in [-0.1, -0.05) is 12.1 Å². The highest BCUT2D eigenvalue weighted by molar-refractivity contribution is 6.09. The number of halogens is 1. The van der Waals surface area contributed by atoms with Crippen molar-refractivity contribution in [3.8, 4) is 11.5 Å². The van der Waals surface area contributed by atoms with Crippen molar-refractivity contribution in [2.45, 2.75) is 6.42 Å². The smallest absolute Gasteiger partial charge is 0.255 e. The van der Waals surface area contributed by atoms with E-state index in [0.29, 0.717) is 54.6 Å². The molecule has 1 aliphatic rings. The number of carbonyl (C=O) groups is 2. The predicted molar refractivity (Wildman–Crippen MR) is 105 cm³/mol. The zero-order chi connectivity index (χ0) is 18.4. The normalized spacial score (nSPS) is 12.3. The molecule has 0 fully saturated rings. The molecular formula is C19H22ClN3O4. The lowest BCUT2D eigenvalue weighted by Crippen LogP contribution is -2.30. The maximum Gasteiger partial charge on any atom is 0.255 e. The first kappa shape index (κ1) is 20.5. The molecule has 0 unspecified atom stereocenters. The number of amides is 2. The van der Waals surface area contributed by atoms with Crippen LogP contribution in [-0.4, -0.2) is 38.1 Å². The summed E-state index contributed by atoms with van der Waals surface area (Å²) in [4.78, 5) is 24.8. The van der Waals surface area contributed by atoms with Gasteiger partial charge in [0, 0.05) is 25.1 Å². The van der Waals surface area contributed by atoms with Crippen molar-refractivity contribution in [3.05, 3.63) is 53.6 Å². The molecule has 2 amide bonds. The third-order valence-corrected chi connectivity index (χ3v) is 3.86. The van der Waals surface area contributed by atoms with E-state index in [4.69, 9.17) is 15.2 Å². The van der Waals surface area contributed by atoms with E-state index < -0.39 is 0 Å². The Balaban J connectivity index is 0.00000261. The highest BCUT2D eigenvalue weighted by atomic mass is 35.5. The number of hydrogen-bond acceptors (Lipinski definition) is 5. The monoisotopic (exact) mass is 391 g/mol. The van der Waals surface area contributed by atoms with Crippen molar-refractivity contribution >= 4 is 29.9 Å². The summed E-state index contributed by atoms with van der Waals surface area (Å²) in [5, 5.41) is 5.48. The van der Waals surface area contributed by atoms with Crippen LogP contribution in [0.15, 0.2) is 42.5 Å². The number of fused-ring (bicyclic) bond motifs is 1. The second-order valence-electron chi connectivity index (χ2n) is 5.76. The molecule has 4 N–H and O–H groups in total. The van der Waals surface area contributed by atoms with Crippen LogP contribution in [0, 0.1) is 0 Å². The van der Waals surface area contributed by atoms with E-state index in [1.165, 1.54) is 0 Å². The van der Waals surface area contributed by atoms with Gasteiger partial charge in [0.2, 0.25) is 0 Å². The standard InChI is InChI=1S/C19H21N3O4.ClH/c20-8-9-21-19(24)14-4-1-2-5-15(14)22-18(23)13-6-7-16-17(12-13)26-11-3-10-25-16;/h1-2,4-7,12H,3,8-11,20H2,(H,21,24)(H,22,23);1H. The van der Waals surface area contributed by atoms with Crippen LogP contribution in [0.1, 0.15) is 27.1 Å². The Labute approximate surface area is 163 Å². The summed E-state index contributed by atoms with van der Waals surface area (Å²) in [6.07, 6.45) is 0.793. The van der Waals surface area contributed by atoms with Gasteiger partial charge in [-0.15, -0.1) is 12.4 Å². The molecular weight excluding hydrogens is 370 g/mol. The topological polar surface area (TPSA) is 103 Å². The summed E-state index contributed by atoms with van der Waals surface area (Å²) in [5.74, 6) is 0.550. The molecule has 0 radical (unpaired) electrons. The molecule has 8 heteroatoms. The van der Waals surface area contributed by atoms with Crippen LogP contribution in [0.25, 0.3) is 0 Å².